The van der Waals surface area contributed by atoms with Gasteiger partial charge in [-0.3, -0.25) is 9.59 Å². The maximum Gasteiger partial charge on any atom is 0.273 e. The summed E-state index contributed by atoms with van der Waals surface area (Å²) in [6.45, 7) is 1.07. The Hall–Kier alpha value is -2.61. The Labute approximate surface area is 149 Å². The first-order valence-electron chi connectivity index (χ1n) is 8.02. The van der Waals surface area contributed by atoms with Gasteiger partial charge < -0.3 is 20.7 Å². The zero-order valence-corrected chi connectivity index (χ0v) is 14.7. The van der Waals surface area contributed by atoms with Crippen LogP contribution >= 0.6 is 11.3 Å². The average Bonchev–Trinajstić information content (AvgIpc) is 3.10. The standard InChI is InChI=1S/C17H20N4O3S/c1-24-13-4-2-12(3-5-13)19-17-20-14(10-25-17)16(23)21-8-6-11(7-9-21)15(18)22/h2-5,10-11H,6-9H2,1H3,(H2,18,22)(H,19,20). The molecule has 3 N–H and O–H groups in total. The molecule has 0 atom stereocenters. The van der Waals surface area contributed by atoms with Crippen LogP contribution in [-0.4, -0.2) is 41.9 Å². The molecule has 8 heteroatoms. The number of nitrogens with one attached hydrogen (secondary N) is 1. The first-order valence-corrected chi connectivity index (χ1v) is 8.90. The fourth-order valence-corrected chi connectivity index (χ4v) is 3.46. The monoisotopic (exact) mass is 360 g/mol. The number of hydrogen-bond acceptors (Lipinski definition) is 6. The van der Waals surface area contributed by atoms with Crippen molar-refractivity contribution in [3.05, 3.63) is 35.3 Å². The van der Waals surface area contributed by atoms with Gasteiger partial charge in [0.25, 0.3) is 5.91 Å². The number of hydrogen-bond donors (Lipinski definition) is 2. The minimum Gasteiger partial charge on any atom is -0.497 e. The Morgan fingerprint density at radius 1 is 1.28 bits per heavy atom. The van der Waals surface area contributed by atoms with Gasteiger partial charge >= 0.3 is 0 Å². The summed E-state index contributed by atoms with van der Waals surface area (Å²) in [6.07, 6.45) is 1.23. The average molecular weight is 360 g/mol. The zero-order valence-electron chi connectivity index (χ0n) is 13.9. The van der Waals surface area contributed by atoms with Crippen molar-refractivity contribution < 1.29 is 14.3 Å². The van der Waals surface area contributed by atoms with E-state index in [0.717, 1.165) is 11.4 Å². The van der Waals surface area contributed by atoms with Crippen LogP contribution in [0, 0.1) is 5.92 Å². The fraction of sp³-hybridized carbons (Fsp3) is 0.353. The topological polar surface area (TPSA) is 97.6 Å². The molecule has 25 heavy (non-hydrogen) atoms. The number of thiazole rings is 1. The van der Waals surface area contributed by atoms with Crippen LogP contribution in [0.15, 0.2) is 29.6 Å². The lowest BCUT2D eigenvalue weighted by molar-refractivity contribution is -0.123. The van der Waals surface area contributed by atoms with E-state index in [0.29, 0.717) is 36.8 Å². The smallest absolute Gasteiger partial charge is 0.273 e. The van der Waals surface area contributed by atoms with Gasteiger partial charge in [-0.15, -0.1) is 11.3 Å². The van der Waals surface area contributed by atoms with Crippen molar-refractivity contribution in [3.8, 4) is 5.75 Å². The summed E-state index contributed by atoms with van der Waals surface area (Å²) in [4.78, 5) is 29.8. The van der Waals surface area contributed by atoms with Crippen LogP contribution in [0.1, 0.15) is 23.3 Å². The fourth-order valence-electron chi connectivity index (χ4n) is 2.76. The second-order valence-corrected chi connectivity index (χ2v) is 6.72. The molecular formula is C17H20N4O3S. The molecule has 1 aromatic heterocycles. The number of carbonyl (C=O) groups excluding carboxylic acids is 2. The molecule has 132 valence electrons. The Balaban J connectivity index is 1.60. The number of ether oxygens (including phenoxy) is 1. The summed E-state index contributed by atoms with van der Waals surface area (Å²) in [6, 6.07) is 7.47. The highest BCUT2D eigenvalue weighted by molar-refractivity contribution is 7.14. The number of benzene rings is 1. The predicted molar refractivity (Wildman–Crippen MR) is 96.2 cm³/mol. The van der Waals surface area contributed by atoms with Gasteiger partial charge in [0.15, 0.2) is 5.13 Å². The summed E-state index contributed by atoms with van der Waals surface area (Å²) in [5.74, 6) is 0.250. The Bertz CT molecular complexity index is 752. The number of nitrogens with two attached hydrogens (primary N) is 1. The molecule has 1 saturated heterocycles. The lowest BCUT2D eigenvalue weighted by Crippen LogP contribution is -2.41. The summed E-state index contributed by atoms with van der Waals surface area (Å²) < 4.78 is 5.12. The number of primary amides is 1. The molecule has 2 heterocycles. The van der Waals surface area contributed by atoms with E-state index in [1.807, 2.05) is 24.3 Å². The molecule has 1 aromatic carbocycles. The Kier molecular flexibility index (Phi) is 5.18. The van der Waals surface area contributed by atoms with Crippen molar-refractivity contribution in [3.63, 3.8) is 0 Å². The zero-order chi connectivity index (χ0) is 17.8. The first-order chi connectivity index (χ1) is 12.1. The number of likely N-dealkylation sites (tertiary alicyclic amines) is 1. The molecule has 1 fully saturated rings. The number of amides is 2. The second kappa shape index (κ2) is 7.52. The van der Waals surface area contributed by atoms with Crippen molar-refractivity contribution in [2.45, 2.75) is 12.8 Å². The van der Waals surface area contributed by atoms with Crippen LogP contribution in [0.5, 0.6) is 5.75 Å². The second-order valence-electron chi connectivity index (χ2n) is 5.86. The molecule has 2 aromatic rings. The third-order valence-electron chi connectivity index (χ3n) is 4.25. The van der Waals surface area contributed by atoms with Crippen molar-refractivity contribution in [1.29, 1.82) is 0 Å². The number of carbonyl (C=O) groups is 2. The Morgan fingerprint density at radius 2 is 1.96 bits per heavy atom. The predicted octanol–water partition coefficient (Wildman–Crippen LogP) is 2.23. The van der Waals surface area contributed by atoms with Gasteiger partial charge in [0, 0.05) is 30.1 Å². The van der Waals surface area contributed by atoms with E-state index in [4.69, 9.17) is 10.5 Å². The number of anilines is 2. The lowest BCUT2D eigenvalue weighted by Gasteiger charge is -2.30. The Morgan fingerprint density at radius 3 is 2.56 bits per heavy atom. The van der Waals surface area contributed by atoms with Gasteiger partial charge in [-0.2, -0.15) is 0 Å². The quantitative estimate of drug-likeness (QED) is 0.852. The van der Waals surface area contributed by atoms with E-state index in [-0.39, 0.29) is 17.7 Å². The van der Waals surface area contributed by atoms with E-state index in [2.05, 4.69) is 10.3 Å². The van der Waals surface area contributed by atoms with Crippen LogP contribution in [0.3, 0.4) is 0 Å². The van der Waals surface area contributed by atoms with E-state index in [1.54, 1.807) is 17.4 Å². The molecule has 0 unspecified atom stereocenters. The van der Waals surface area contributed by atoms with Gasteiger partial charge in [-0.1, -0.05) is 0 Å². The van der Waals surface area contributed by atoms with Crippen LogP contribution < -0.4 is 15.8 Å². The van der Waals surface area contributed by atoms with Gasteiger partial charge in [0.1, 0.15) is 11.4 Å². The van der Waals surface area contributed by atoms with E-state index in [9.17, 15) is 9.59 Å². The molecular weight excluding hydrogens is 340 g/mol. The maximum absolute atomic E-state index is 12.5. The van der Waals surface area contributed by atoms with Crippen molar-refractivity contribution in [2.75, 3.05) is 25.5 Å². The van der Waals surface area contributed by atoms with Crippen LogP contribution in [-0.2, 0) is 4.79 Å². The van der Waals surface area contributed by atoms with Crippen LogP contribution in [0.2, 0.25) is 0 Å². The SMILES string of the molecule is COc1ccc(Nc2nc(C(=O)N3CCC(C(N)=O)CC3)cs2)cc1. The lowest BCUT2D eigenvalue weighted by atomic mass is 9.96. The molecule has 2 amide bonds. The summed E-state index contributed by atoms with van der Waals surface area (Å²) in [5, 5.41) is 5.57. The van der Waals surface area contributed by atoms with Gasteiger partial charge in [0.05, 0.1) is 7.11 Å². The van der Waals surface area contributed by atoms with Crippen molar-refractivity contribution in [1.82, 2.24) is 9.88 Å². The molecule has 7 nitrogen and oxygen atoms in total. The molecule has 0 saturated carbocycles. The number of aromatic nitrogens is 1. The third kappa shape index (κ3) is 4.08. The summed E-state index contributed by atoms with van der Waals surface area (Å²) in [7, 11) is 1.62. The van der Waals surface area contributed by atoms with Crippen molar-refractivity contribution >= 4 is 34.0 Å². The molecule has 1 aliphatic heterocycles. The molecule has 3 rings (SSSR count). The highest BCUT2D eigenvalue weighted by atomic mass is 32.1. The molecule has 0 spiro atoms. The van der Waals surface area contributed by atoms with E-state index in [1.165, 1.54) is 11.3 Å². The van der Waals surface area contributed by atoms with E-state index < -0.39 is 0 Å². The van der Waals surface area contributed by atoms with Crippen LogP contribution in [0.25, 0.3) is 0 Å². The maximum atomic E-state index is 12.5. The first kappa shape index (κ1) is 17.2. The molecule has 0 aliphatic carbocycles. The highest BCUT2D eigenvalue weighted by Gasteiger charge is 2.27. The summed E-state index contributed by atoms with van der Waals surface area (Å²) in [5.41, 5.74) is 6.61. The third-order valence-corrected chi connectivity index (χ3v) is 5.01. The number of piperidine rings is 1. The van der Waals surface area contributed by atoms with E-state index >= 15 is 0 Å². The minimum absolute atomic E-state index is 0.109. The van der Waals surface area contributed by atoms with Crippen molar-refractivity contribution in [2.24, 2.45) is 11.7 Å². The van der Waals surface area contributed by atoms with Gasteiger partial charge in [-0.05, 0) is 37.1 Å². The van der Waals surface area contributed by atoms with Gasteiger partial charge in [-0.25, -0.2) is 4.98 Å². The molecule has 0 radical (unpaired) electrons. The van der Waals surface area contributed by atoms with Gasteiger partial charge in [0.2, 0.25) is 5.91 Å². The van der Waals surface area contributed by atoms with Crippen LogP contribution in [0.4, 0.5) is 10.8 Å². The number of methoxy groups -OCH3 is 1. The largest absolute Gasteiger partial charge is 0.497 e. The molecule has 1 aliphatic rings. The highest BCUT2D eigenvalue weighted by Crippen LogP contribution is 2.24. The minimum atomic E-state index is -0.285. The summed E-state index contributed by atoms with van der Waals surface area (Å²) >= 11 is 1.38. The number of nitrogens with zero attached hydrogens (tertiary/aromatic N) is 2. The normalized spacial score (nSPS) is 15.0. The number of rotatable bonds is 5. The molecule has 0 bridgehead atoms.